The van der Waals surface area contributed by atoms with Crippen molar-refractivity contribution in [2.75, 3.05) is 5.32 Å². The molecule has 1 aromatic carbocycles. The van der Waals surface area contributed by atoms with Crippen LogP contribution in [0.3, 0.4) is 0 Å². The first kappa shape index (κ1) is 13.8. The fraction of sp³-hybridized carbons (Fsp3) is 0.385. The fourth-order valence-electron chi connectivity index (χ4n) is 2.39. The van der Waals surface area contributed by atoms with Crippen molar-refractivity contribution in [3.05, 3.63) is 41.3 Å². The van der Waals surface area contributed by atoms with Gasteiger partial charge in [-0.1, -0.05) is 29.4 Å². The maximum atomic E-state index is 5.44. The van der Waals surface area contributed by atoms with Crippen LogP contribution in [0.5, 0.6) is 0 Å². The Labute approximate surface area is 118 Å². The highest BCUT2D eigenvalue weighted by molar-refractivity contribution is 5.85. The van der Waals surface area contributed by atoms with E-state index in [1.54, 1.807) is 0 Å². The number of nitrogens with two attached hydrogens (primary N) is 1. The number of aromatic nitrogens is 2. The molecule has 0 saturated carbocycles. The zero-order valence-electron chi connectivity index (χ0n) is 10.5. The van der Waals surface area contributed by atoms with Crippen LogP contribution in [0, 0.1) is 0 Å². The van der Waals surface area contributed by atoms with Crippen LogP contribution in [-0.2, 0) is 19.4 Å². The summed E-state index contributed by atoms with van der Waals surface area (Å²) in [5.74, 6) is 0.466. The highest BCUT2D eigenvalue weighted by atomic mass is 35.5. The monoisotopic (exact) mass is 280 g/mol. The standard InChI is InChI=1S/C13H16N4O.ClH/c14-8-12-16-17-13(18-12)15-11-6-5-9-3-1-2-4-10(9)7-11;/h1-4,11H,5-8,14H2,(H,15,17);1H. The minimum Gasteiger partial charge on any atom is -0.407 e. The van der Waals surface area contributed by atoms with E-state index >= 15 is 0 Å². The van der Waals surface area contributed by atoms with Crippen molar-refractivity contribution in [1.82, 2.24) is 10.2 Å². The van der Waals surface area contributed by atoms with E-state index in [1.807, 2.05) is 0 Å². The Bertz CT molecular complexity index is 543. The average Bonchev–Trinajstić information content (AvgIpc) is 2.86. The topological polar surface area (TPSA) is 77.0 Å². The summed E-state index contributed by atoms with van der Waals surface area (Å²) in [7, 11) is 0. The quantitative estimate of drug-likeness (QED) is 0.898. The lowest BCUT2D eigenvalue weighted by atomic mass is 9.88. The van der Waals surface area contributed by atoms with Crippen LogP contribution < -0.4 is 11.1 Å². The zero-order valence-corrected chi connectivity index (χ0v) is 11.3. The van der Waals surface area contributed by atoms with Crippen LogP contribution in [0.1, 0.15) is 23.4 Å². The first-order chi connectivity index (χ1) is 8.85. The van der Waals surface area contributed by atoms with Crippen LogP contribution in [0.15, 0.2) is 28.7 Å². The molecule has 0 bridgehead atoms. The second kappa shape index (κ2) is 6.04. The second-order valence-electron chi connectivity index (χ2n) is 4.56. The maximum Gasteiger partial charge on any atom is 0.315 e. The summed E-state index contributed by atoms with van der Waals surface area (Å²) in [6, 6.07) is 9.39. The smallest absolute Gasteiger partial charge is 0.315 e. The van der Waals surface area contributed by atoms with E-state index < -0.39 is 0 Å². The van der Waals surface area contributed by atoms with E-state index in [0.717, 1.165) is 19.3 Å². The Morgan fingerprint density at radius 2 is 2.05 bits per heavy atom. The molecular weight excluding hydrogens is 264 g/mol. The molecule has 1 aliphatic carbocycles. The molecular formula is C13H17ClN4O. The van der Waals surface area contributed by atoms with Gasteiger partial charge in [0.05, 0.1) is 6.54 Å². The molecule has 0 amide bonds. The molecule has 1 aliphatic rings. The number of nitrogens with one attached hydrogen (secondary N) is 1. The SMILES string of the molecule is Cl.NCc1nnc(NC2CCc3ccccc3C2)o1. The van der Waals surface area contributed by atoms with Gasteiger partial charge >= 0.3 is 6.01 Å². The minimum absolute atomic E-state index is 0. The van der Waals surface area contributed by atoms with Crippen molar-refractivity contribution < 1.29 is 4.42 Å². The molecule has 0 radical (unpaired) electrons. The third-order valence-corrected chi connectivity index (χ3v) is 3.32. The Morgan fingerprint density at radius 1 is 1.26 bits per heavy atom. The van der Waals surface area contributed by atoms with Gasteiger partial charge in [-0.2, -0.15) is 0 Å². The van der Waals surface area contributed by atoms with E-state index in [0.29, 0.717) is 17.9 Å². The summed E-state index contributed by atoms with van der Waals surface area (Å²) in [5, 5.41) is 11.1. The lowest BCUT2D eigenvalue weighted by molar-refractivity contribution is 0.492. The summed E-state index contributed by atoms with van der Waals surface area (Å²) < 4.78 is 5.37. The molecule has 102 valence electrons. The number of anilines is 1. The Kier molecular flexibility index (Phi) is 4.39. The summed E-state index contributed by atoms with van der Waals surface area (Å²) in [5.41, 5.74) is 8.29. The molecule has 1 aromatic heterocycles. The van der Waals surface area contributed by atoms with Gasteiger partial charge in [0.25, 0.3) is 0 Å². The Morgan fingerprint density at radius 3 is 2.79 bits per heavy atom. The molecule has 19 heavy (non-hydrogen) atoms. The summed E-state index contributed by atoms with van der Waals surface area (Å²) in [4.78, 5) is 0. The molecule has 3 rings (SSSR count). The number of rotatable bonds is 3. The summed E-state index contributed by atoms with van der Waals surface area (Å²) in [6.45, 7) is 0.280. The van der Waals surface area contributed by atoms with Crippen molar-refractivity contribution in [1.29, 1.82) is 0 Å². The summed E-state index contributed by atoms with van der Waals surface area (Å²) in [6.07, 6.45) is 3.17. The first-order valence-electron chi connectivity index (χ1n) is 6.21. The van der Waals surface area contributed by atoms with E-state index in [2.05, 4.69) is 39.8 Å². The average molecular weight is 281 g/mol. The fourth-order valence-corrected chi connectivity index (χ4v) is 2.39. The molecule has 0 saturated heterocycles. The predicted molar refractivity (Wildman–Crippen MR) is 75.3 cm³/mol. The second-order valence-corrected chi connectivity index (χ2v) is 4.56. The van der Waals surface area contributed by atoms with Crippen LogP contribution in [-0.4, -0.2) is 16.2 Å². The Balaban J connectivity index is 0.00000133. The number of fused-ring (bicyclic) bond motifs is 1. The van der Waals surface area contributed by atoms with Crippen molar-refractivity contribution in [3.8, 4) is 0 Å². The third-order valence-electron chi connectivity index (χ3n) is 3.32. The van der Waals surface area contributed by atoms with Crippen molar-refractivity contribution in [3.63, 3.8) is 0 Å². The van der Waals surface area contributed by atoms with Gasteiger partial charge in [-0.15, -0.1) is 17.5 Å². The number of benzene rings is 1. The molecule has 2 aromatic rings. The van der Waals surface area contributed by atoms with Gasteiger partial charge in [0.2, 0.25) is 5.89 Å². The highest BCUT2D eigenvalue weighted by Gasteiger charge is 2.19. The molecule has 0 aliphatic heterocycles. The van der Waals surface area contributed by atoms with E-state index in [1.165, 1.54) is 11.1 Å². The lowest BCUT2D eigenvalue weighted by Crippen LogP contribution is -2.27. The Hall–Kier alpha value is -1.59. The van der Waals surface area contributed by atoms with Crippen LogP contribution in [0.25, 0.3) is 0 Å². The van der Waals surface area contributed by atoms with Crippen molar-refractivity contribution in [2.24, 2.45) is 5.73 Å². The van der Waals surface area contributed by atoms with Crippen LogP contribution in [0.4, 0.5) is 6.01 Å². The van der Waals surface area contributed by atoms with Gasteiger partial charge < -0.3 is 15.5 Å². The minimum atomic E-state index is 0. The first-order valence-corrected chi connectivity index (χ1v) is 6.21. The van der Waals surface area contributed by atoms with Gasteiger partial charge in [-0.25, -0.2) is 0 Å². The third kappa shape index (κ3) is 3.05. The lowest BCUT2D eigenvalue weighted by Gasteiger charge is -2.24. The predicted octanol–water partition coefficient (Wildman–Crippen LogP) is 1.92. The normalized spacial score (nSPS) is 17.4. The molecule has 0 spiro atoms. The molecule has 1 heterocycles. The molecule has 5 nitrogen and oxygen atoms in total. The zero-order chi connectivity index (χ0) is 12.4. The molecule has 1 unspecified atom stereocenters. The molecule has 6 heteroatoms. The molecule has 1 atom stereocenters. The van der Waals surface area contributed by atoms with Crippen molar-refractivity contribution >= 4 is 18.4 Å². The largest absolute Gasteiger partial charge is 0.407 e. The van der Waals surface area contributed by atoms with Gasteiger partial charge in [0.1, 0.15) is 0 Å². The van der Waals surface area contributed by atoms with Gasteiger partial charge in [-0.05, 0) is 30.4 Å². The van der Waals surface area contributed by atoms with Gasteiger partial charge in [-0.3, -0.25) is 0 Å². The number of halogens is 1. The van der Waals surface area contributed by atoms with Crippen molar-refractivity contribution in [2.45, 2.75) is 31.8 Å². The maximum absolute atomic E-state index is 5.44. The number of nitrogens with zero attached hydrogens (tertiary/aromatic N) is 2. The van der Waals surface area contributed by atoms with Gasteiger partial charge in [0.15, 0.2) is 0 Å². The summed E-state index contributed by atoms with van der Waals surface area (Å²) >= 11 is 0. The van der Waals surface area contributed by atoms with Crippen LogP contribution in [0.2, 0.25) is 0 Å². The molecule has 3 N–H and O–H groups in total. The highest BCUT2D eigenvalue weighted by Crippen LogP contribution is 2.23. The van der Waals surface area contributed by atoms with Crippen LogP contribution >= 0.6 is 12.4 Å². The van der Waals surface area contributed by atoms with Gasteiger partial charge in [0, 0.05) is 6.04 Å². The van der Waals surface area contributed by atoms with E-state index in [-0.39, 0.29) is 19.0 Å². The van der Waals surface area contributed by atoms with E-state index in [4.69, 9.17) is 10.2 Å². The number of hydrogen-bond donors (Lipinski definition) is 2. The number of hydrogen-bond acceptors (Lipinski definition) is 5. The number of aryl methyl sites for hydroxylation is 1. The molecule has 0 fully saturated rings. The van der Waals surface area contributed by atoms with E-state index in [9.17, 15) is 0 Å².